The maximum atomic E-state index is 11.1. The molecule has 0 radical (unpaired) electrons. The minimum atomic E-state index is -3.91. The predicted molar refractivity (Wildman–Crippen MR) is 64.1 cm³/mol. The lowest BCUT2D eigenvalue weighted by Crippen LogP contribution is -1.97. The second-order valence-corrected chi connectivity index (χ2v) is 6.24. The van der Waals surface area contributed by atoms with Crippen LogP contribution in [0.3, 0.4) is 0 Å². The number of halogens is 2. The van der Waals surface area contributed by atoms with E-state index in [1.807, 2.05) is 0 Å². The van der Waals surface area contributed by atoms with Gasteiger partial charge >= 0.3 is 0 Å². The summed E-state index contributed by atoms with van der Waals surface area (Å²) < 4.78 is 22.3. The number of nitriles is 1. The number of alkyl halides is 1. The number of benzene rings is 1. The highest BCUT2D eigenvalue weighted by atomic mass is 79.9. The average Bonchev–Trinajstić information content (AvgIpc) is 2.16. The van der Waals surface area contributed by atoms with E-state index in [1.54, 1.807) is 6.07 Å². The normalized spacial score (nSPS) is 11.1. The Morgan fingerprint density at radius 3 is 2.53 bits per heavy atom. The number of nitrogens with zero attached hydrogens (tertiary/aromatic N) is 1. The van der Waals surface area contributed by atoms with Gasteiger partial charge in [0.05, 0.1) is 5.56 Å². The Kier molecular flexibility index (Phi) is 4.06. The first-order chi connectivity index (χ1) is 6.90. The molecule has 0 saturated carbocycles. The van der Waals surface area contributed by atoms with E-state index in [2.05, 4.69) is 28.6 Å². The van der Waals surface area contributed by atoms with E-state index >= 15 is 0 Å². The lowest BCUT2D eigenvalue weighted by Gasteiger charge is -2.05. The van der Waals surface area contributed by atoms with Crippen LogP contribution in [0.2, 0.25) is 0 Å². The first-order valence-electron chi connectivity index (χ1n) is 3.66. The van der Waals surface area contributed by atoms with Crippen molar-refractivity contribution in [3.63, 3.8) is 0 Å². The van der Waals surface area contributed by atoms with Crippen LogP contribution >= 0.6 is 39.2 Å². The molecule has 0 amide bonds. The van der Waals surface area contributed by atoms with Gasteiger partial charge < -0.3 is 0 Å². The molecule has 0 fully saturated rings. The number of hydrogen-bond donors (Lipinski definition) is 1. The Morgan fingerprint density at radius 1 is 1.53 bits per heavy atom. The van der Waals surface area contributed by atoms with Crippen LogP contribution in [-0.4, -0.2) is 8.42 Å². The standard InChI is InChI=1S/C8H5BrClNO2S2/c9-3-5-1-6(4-11)8(2-7(5)14)15(10,12)13/h1-2,14H,3H2. The summed E-state index contributed by atoms with van der Waals surface area (Å²) in [5.74, 6) is 0. The van der Waals surface area contributed by atoms with E-state index in [4.69, 9.17) is 15.9 Å². The second-order valence-electron chi connectivity index (χ2n) is 2.66. The van der Waals surface area contributed by atoms with Crippen LogP contribution in [0, 0.1) is 11.3 Å². The summed E-state index contributed by atoms with van der Waals surface area (Å²) in [5.41, 5.74) is 0.760. The molecule has 0 heterocycles. The van der Waals surface area contributed by atoms with Gasteiger partial charge in [0.1, 0.15) is 11.0 Å². The van der Waals surface area contributed by atoms with Gasteiger partial charge in [-0.1, -0.05) is 15.9 Å². The highest BCUT2D eigenvalue weighted by molar-refractivity contribution is 9.08. The first-order valence-corrected chi connectivity index (χ1v) is 7.54. The maximum absolute atomic E-state index is 11.1. The molecular formula is C8H5BrClNO2S2. The van der Waals surface area contributed by atoms with E-state index in [9.17, 15) is 8.42 Å². The third-order valence-corrected chi connectivity index (χ3v) is 4.09. The van der Waals surface area contributed by atoms with Gasteiger partial charge in [-0.3, -0.25) is 0 Å². The summed E-state index contributed by atoms with van der Waals surface area (Å²) in [6.45, 7) is 0. The molecule has 1 aromatic carbocycles. The molecule has 0 saturated heterocycles. The van der Waals surface area contributed by atoms with Gasteiger partial charge in [0, 0.05) is 20.9 Å². The largest absolute Gasteiger partial charge is 0.262 e. The highest BCUT2D eigenvalue weighted by Crippen LogP contribution is 2.27. The van der Waals surface area contributed by atoms with Gasteiger partial charge in [0.2, 0.25) is 0 Å². The fourth-order valence-corrected chi connectivity index (χ4v) is 3.06. The molecule has 0 aromatic heterocycles. The number of thiol groups is 1. The van der Waals surface area contributed by atoms with E-state index in [1.165, 1.54) is 12.1 Å². The van der Waals surface area contributed by atoms with Crippen molar-refractivity contribution in [2.45, 2.75) is 15.1 Å². The fourth-order valence-electron chi connectivity index (χ4n) is 1.01. The summed E-state index contributed by atoms with van der Waals surface area (Å²) in [5, 5.41) is 9.27. The topological polar surface area (TPSA) is 57.9 Å². The van der Waals surface area contributed by atoms with Gasteiger partial charge in [0.25, 0.3) is 9.05 Å². The van der Waals surface area contributed by atoms with Crippen molar-refractivity contribution in [1.29, 1.82) is 5.26 Å². The Morgan fingerprint density at radius 2 is 2.13 bits per heavy atom. The van der Waals surface area contributed by atoms with Crippen LogP contribution in [0.15, 0.2) is 21.9 Å². The summed E-state index contributed by atoms with van der Waals surface area (Å²) >= 11 is 7.31. The molecule has 0 unspecified atom stereocenters. The number of hydrogen-bond acceptors (Lipinski definition) is 4. The quantitative estimate of drug-likeness (QED) is 0.516. The molecule has 0 atom stereocenters. The van der Waals surface area contributed by atoms with Crippen LogP contribution in [0.4, 0.5) is 0 Å². The molecule has 80 valence electrons. The van der Waals surface area contributed by atoms with Crippen molar-refractivity contribution >= 4 is 48.3 Å². The first kappa shape index (κ1) is 12.8. The van der Waals surface area contributed by atoms with E-state index in [0.29, 0.717) is 10.2 Å². The van der Waals surface area contributed by atoms with E-state index in [0.717, 1.165) is 5.56 Å². The molecule has 0 N–H and O–H groups in total. The van der Waals surface area contributed by atoms with Gasteiger partial charge in [0.15, 0.2) is 0 Å². The minimum absolute atomic E-state index is 0.0252. The summed E-state index contributed by atoms with van der Waals surface area (Å²) in [6.07, 6.45) is 0. The van der Waals surface area contributed by atoms with Gasteiger partial charge in [-0.05, 0) is 17.7 Å². The molecule has 0 aliphatic rings. The molecular weight excluding hydrogens is 322 g/mol. The average molecular weight is 327 g/mol. The third kappa shape index (κ3) is 2.88. The molecule has 15 heavy (non-hydrogen) atoms. The molecule has 0 spiro atoms. The zero-order valence-corrected chi connectivity index (χ0v) is 11.3. The lowest BCUT2D eigenvalue weighted by molar-refractivity contribution is 0.609. The monoisotopic (exact) mass is 325 g/mol. The van der Waals surface area contributed by atoms with Crippen LogP contribution in [0.1, 0.15) is 11.1 Å². The van der Waals surface area contributed by atoms with Crippen molar-refractivity contribution in [3.05, 3.63) is 23.3 Å². The predicted octanol–water partition coefficient (Wildman–Crippen LogP) is 2.67. The second kappa shape index (κ2) is 4.74. The fraction of sp³-hybridized carbons (Fsp3) is 0.125. The summed E-state index contributed by atoms with van der Waals surface area (Å²) in [4.78, 5) is 0.270. The maximum Gasteiger partial charge on any atom is 0.262 e. The molecule has 1 aromatic rings. The van der Waals surface area contributed by atoms with E-state index in [-0.39, 0.29) is 10.5 Å². The third-order valence-electron chi connectivity index (χ3n) is 1.71. The number of rotatable bonds is 2. The lowest BCUT2D eigenvalue weighted by atomic mass is 10.1. The van der Waals surface area contributed by atoms with Crippen LogP contribution in [0.5, 0.6) is 0 Å². The SMILES string of the molecule is N#Cc1cc(CBr)c(S)cc1S(=O)(=O)Cl. The zero-order chi connectivity index (χ0) is 11.6. The minimum Gasteiger partial charge on any atom is -0.207 e. The highest BCUT2D eigenvalue weighted by Gasteiger charge is 2.17. The molecule has 7 heteroatoms. The molecule has 3 nitrogen and oxygen atoms in total. The summed E-state index contributed by atoms with van der Waals surface area (Å²) in [6, 6.07) is 4.51. The molecule has 0 aliphatic carbocycles. The van der Waals surface area contributed by atoms with Crippen molar-refractivity contribution in [2.24, 2.45) is 0 Å². The van der Waals surface area contributed by atoms with Crippen molar-refractivity contribution in [2.75, 3.05) is 0 Å². The Hall–Kier alpha value is -0.220. The van der Waals surface area contributed by atoms with Gasteiger partial charge in [-0.25, -0.2) is 8.42 Å². The van der Waals surface area contributed by atoms with Crippen molar-refractivity contribution in [1.82, 2.24) is 0 Å². The van der Waals surface area contributed by atoms with Gasteiger partial charge in [-0.2, -0.15) is 5.26 Å². The Bertz CT molecular complexity index is 536. The van der Waals surface area contributed by atoms with Crippen LogP contribution < -0.4 is 0 Å². The molecule has 1 rings (SSSR count). The Labute approximate surface area is 106 Å². The molecule has 0 bridgehead atoms. The molecule has 0 aliphatic heterocycles. The van der Waals surface area contributed by atoms with Crippen LogP contribution in [0.25, 0.3) is 0 Å². The smallest absolute Gasteiger partial charge is 0.207 e. The van der Waals surface area contributed by atoms with Gasteiger partial charge in [-0.15, -0.1) is 12.6 Å². The van der Waals surface area contributed by atoms with Crippen molar-refractivity contribution < 1.29 is 8.42 Å². The van der Waals surface area contributed by atoms with E-state index < -0.39 is 9.05 Å². The van der Waals surface area contributed by atoms with Crippen molar-refractivity contribution in [3.8, 4) is 6.07 Å². The zero-order valence-electron chi connectivity index (χ0n) is 7.24. The summed E-state index contributed by atoms with van der Waals surface area (Å²) in [7, 11) is 1.28. The van der Waals surface area contributed by atoms with Crippen LogP contribution in [-0.2, 0) is 14.4 Å². The Balaban J connectivity index is 3.57.